The van der Waals surface area contributed by atoms with Crippen LogP contribution in [-0.2, 0) is 9.53 Å². The van der Waals surface area contributed by atoms with Crippen LogP contribution in [0.25, 0.3) is 0 Å². The number of hydrogen-bond acceptors (Lipinski definition) is 6. The summed E-state index contributed by atoms with van der Waals surface area (Å²) in [5, 5.41) is 8.99. The fraction of sp³-hybridized carbons (Fsp3) is 0.588. The Morgan fingerprint density at radius 3 is 2.64 bits per heavy atom. The third-order valence-corrected chi connectivity index (χ3v) is 4.85. The van der Waals surface area contributed by atoms with Crippen LogP contribution in [0.3, 0.4) is 0 Å². The molecule has 2 aliphatic heterocycles. The summed E-state index contributed by atoms with van der Waals surface area (Å²) in [6.45, 7) is 4.06. The Morgan fingerprint density at radius 1 is 1.32 bits per heavy atom. The standard InChI is InChI=1S/C17H23N5O2.ClH/c18-12-13-1-4-20-15(11-13)21-5-7-22(8-6-21)17(23)16(19)14-2-9-24-10-3-14;/h1,4,11,14,16H,2-3,5-10,19H2;1H. The van der Waals surface area contributed by atoms with Gasteiger partial charge in [-0.2, -0.15) is 5.26 Å². The van der Waals surface area contributed by atoms with Gasteiger partial charge in [0.15, 0.2) is 0 Å². The van der Waals surface area contributed by atoms with Crippen molar-refractivity contribution >= 4 is 24.1 Å². The first-order chi connectivity index (χ1) is 11.7. The Morgan fingerprint density at radius 2 is 2.00 bits per heavy atom. The van der Waals surface area contributed by atoms with Crippen molar-refractivity contribution in [3.05, 3.63) is 23.9 Å². The van der Waals surface area contributed by atoms with E-state index in [1.54, 1.807) is 18.3 Å². The SMILES string of the molecule is Cl.N#Cc1ccnc(N2CCN(C(=O)C(N)C3CCOCC3)CC2)c1. The number of aromatic nitrogens is 1. The zero-order chi connectivity index (χ0) is 16.9. The first kappa shape index (κ1) is 19.4. The van der Waals surface area contributed by atoms with E-state index >= 15 is 0 Å². The molecule has 1 atom stereocenters. The van der Waals surface area contributed by atoms with Gasteiger partial charge in [0, 0.05) is 45.6 Å². The lowest BCUT2D eigenvalue weighted by atomic mass is 9.91. The number of nitrogens with two attached hydrogens (primary N) is 1. The van der Waals surface area contributed by atoms with Gasteiger partial charge in [-0.1, -0.05) is 0 Å². The molecule has 2 aliphatic rings. The fourth-order valence-corrected chi connectivity index (χ4v) is 3.30. The fourth-order valence-electron chi connectivity index (χ4n) is 3.30. The summed E-state index contributed by atoms with van der Waals surface area (Å²) in [5.41, 5.74) is 6.79. The summed E-state index contributed by atoms with van der Waals surface area (Å²) < 4.78 is 5.34. The molecule has 0 spiro atoms. The first-order valence-electron chi connectivity index (χ1n) is 8.42. The zero-order valence-corrected chi connectivity index (χ0v) is 15.0. The van der Waals surface area contributed by atoms with Gasteiger partial charge < -0.3 is 20.3 Å². The minimum absolute atomic E-state index is 0. The second-order valence-electron chi connectivity index (χ2n) is 6.30. The number of nitrogens with zero attached hydrogens (tertiary/aromatic N) is 4. The number of nitriles is 1. The molecule has 0 bridgehead atoms. The van der Waals surface area contributed by atoms with Crippen molar-refractivity contribution in [3.8, 4) is 6.07 Å². The molecule has 136 valence electrons. The lowest BCUT2D eigenvalue weighted by molar-refractivity contribution is -0.135. The monoisotopic (exact) mass is 365 g/mol. The number of amides is 1. The normalized spacial score (nSPS) is 19.7. The maximum Gasteiger partial charge on any atom is 0.239 e. The van der Waals surface area contributed by atoms with Crippen molar-refractivity contribution < 1.29 is 9.53 Å². The molecule has 2 saturated heterocycles. The van der Waals surface area contributed by atoms with Crippen LogP contribution in [0.4, 0.5) is 5.82 Å². The van der Waals surface area contributed by atoms with Gasteiger partial charge >= 0.3 is 0 Å². The van der Waals surface area contributed by atoms with E-state index in [0.29, 0.717) is 45.0 Å². The number of ether oxygens (including phenoxy) is 1. The highest BCUT2D eigenvalue weighted by Gasteiger charge is 2.31. The van der Waals surface area contributed by atoms with Gasteiger partial charge in [0.05, 0.1) is 17.7 Å². The van der Waals surface area contributed by atoms with E-state index in [-0.39, 0.29) is 24.2 Å². The highest BCUT2D eigenvalue weighted by molar-refractivity contribution is 5.85. The summed E-state index contributed by atoms with van der Waals surface area (Å²) in [5.74, 6) is 1.05. The minimum atomic E-state index is -0.430. The molecule has 7 nitrogen and oxygen atoms in total. The summed E-state index contributed by atoms with van der Waals surface area (Å²) in [4.78, 5) is 20.9. The second-order valence-corrected chi connectivity index (χ2v) is 6.30. The quantitative estimate of drug-likeness (QED) is 0.850. The van der Waals surface area contributed by atoms with E-state index in [9.17, 15) is 4.79 Å². The number of carbonyl (C=O) groups is 1. The van der Waals surface area contributed by atoms with Crippen molar-refractivity contribution in [3.63, 3.8) is 0 Å². The molecule has 3 rings (SSSR count). The van der Waals surface area contributed by atoms with Crippen LogP contribution in [0.1, 0.15) is 18.4 Å². The Labute approximate surface area is 154 Å². The lowest BCUT2D eigenvalue weighted by Crippen LogP contribution is -2.55. The molecule has 0 radical (unpaired) electrons. The van der Waals surface area contributed by atoms with Crippen molar-refractivity contribution in [1.82, 2.24) is 9.88 Å². The Balaban J connectivity index is 0.00000225. The molecule has 1 aromatic heterocycles. The summed E-state index contributed by atoms with van der Waals surface area (Å²) in [6.07, 6.45) is 3.36. The molecular formula is C17H24ClN5O2. The molecule has 2 N–H and O–H groups in total. The topological polar surface area (TPSA) is 95.5 Å². The maximum absolute atomic E-state index is 12.6. The number of piperazine rings is 1. The minimum Gasteiger partial charge on any atom is -0.381 e. The molecule has 3 heterocycles. The molecule has 1 unspecified atom stereocenters. The third-order valence-electron chi connectivity index (χ3n) is 4.85. The highest BCUT2D eigenvalue weighted by atomic mass is 35.5. The van der Waals surface area contributed by atoms with Crippen LogP contribution >= 0.6 is 12.4 Å². The largest absolute Gasteiger partial charge is 0.381 e. The molecule has 2 fully saturated rings. The molecule has 0 aliphatic carbocycles. The van der Waals surface area contributed by atoms with E-state index in [1.807, 2.05) is 4.90 Å². The third kappa shape index (κ3) is 4.60. The molecule has 0 saturated carbocycles. The number of carbonyl (C=O) groups excluding carboxylic acids is 1. The predicted molar refractivity (Wildman–Crippen MR) is 96.5 cm³/mol. The Hall–Kier alpha value is -1.88. The van der Waals surface area contributed by atoms with Gasteiger partial charge in [0.2, 0.25) is 5.91 Å². The van der Waals surface area contributed by atoms with E-state index < -0.39 is 6.04 Å². The van der Waals surface area contributed by atoms with Crippen LogP contribution in [0, 0.1) is 17.2 Å². The number of hydrogen-bond donors (Lipinski definition) is 1. The summed E-state index contributed by atoms with van der Waals surface area (Å²) in [6, 6.07) is 5.17. The predicted octanol–water partition coefficient (Wildman–Crippen LogP) is 0.778. The van der Waals surface area contributed by atoms with Crippen molar-refractivity contribution in [2.45, 2.75) is 18.9 Å². The van der Waals surface area contributed by atoms with Gasteiger partial charge in [-0.25, -0.2) is 4.98 Å². The summed E-state index contributed by atoms with van der Waals surface area (Å²) >= 11 is 0. The number of pyridine rings is 1. The summed E-state index contributed by atoms with van der Waals surface area (Å²) in [7, 11) is 0. The Bertz CT molecular complexity index is 622. The smallest absolute Gasteiger partial charge is 0.239 e. The number of anilines is 1. The van der Waals surface area contributed by atoms with E-state index in [1.165, 1.54) is 0 Å². The van der Waals surface area contributed by atoms with Crippen LogP contribution in [0.2, 0.25) is 0 Å². The molecule has 1 aromatic rings. The van der Waals surface area contributed by atoms with Crippen molar-refractivity contribution in [1.29, 1.82) is 5.26 Å². The average Bonchev–Trinajstić information content (AvgIpc) is 2.67. The molecule has 1 amide bonds. The second kappa shape index (κ2) is 8.99. The van der Waals surface area contributed by atoms with E-state index in [2.05, 4.69) is 16.0 Å². The van der Waals surface area contributed by atoms with Crippen molar-refractivity contribution in [2.24, 2.45) is 11.7 Å². The van der Waals surface area contributed by atoms with Crippen molar-refractivity contribution in [2.75, 3.05) is 44.3 Å². The molecular weight excluding hydrogens is 342 g/mol. The van der Waals surface area contributed by atoms with E-state index in [4.69, 9.17) is 15.7 Å². The molecule has 8 heteroatoms. The van der Waals surface area contributed by atoms with Gasteiger partial charge in [0.25, 0.3) is 0 Å². The van der Waals surface area contributed by atoms with Crippen LogP contribution in [0.15, 0.2) is 18.3 Å². The highest BCUT2D eigenvalue weighted by Crippen LogP contribution is 2.20. The maximum atomic E-state index is 12.6. The number of rotatable bonds is 3. The first-order valence-corrected chi connectivity index (χ1v) is 8.42. The van der Waals surface area contributed by atoms with Crippen LogP contribution in [0.5, 0.6) is 0 Å². The molecule has 0 aromatic carbocycles. The number of halogens is 1. The van der Waals surface area contributed by atoms with Crippen LogP contribution < -0.4 is 10.6 Å². The van der Waals surface area contributed by atoms with Gasteiger partial charge in [-0.15, -0.1) is 12.4 Å². The van der Waals surface area contributed by atoms with Gasteiger partial charge in [-0.3, -0.25) is 4.79 Å². The molecule has 25 heavy (non-hydrogen) atoms. The van der Waals surface area contributed by atoms with E-state index in [0.717, 1.165) is 18.7 Å². The average molecular weight is 366 g/mol. The van der Waals surface area contributed by atoms with Gasteiger partial charge in [0.1, 0.15) is 5.82 Å². The zero-order valence-electron chi connectivity index (χ0n) is 14.1. The lowest BCUT2D eigenvalue weighted by Gasteiger charge is -2.38. The van der Waals surface area contributed by atoms with Crippen LogP contribution in [-0.4, -0.2) is 61.2 Å². The van der Waals surface area contributed by atoms with Gasteiger partial charge in [-0.05, 0) is 30.9 Å². The Kier molecular flexibility index (Phi) is 7.00.